The molecule has 0 aromatic heterocycles. The number of nitrogens with one attached hydrogen (secondary N) is 1. The van der Waals surface area contributed by atoms with Crippen molar-refractivity contribution in [1.29, 1.82) is 0 Å². The first-order valence-electron chi connectivity index (χ1n) is 10.7. The van der Waals surface area contributed by atoms with Crippen molar-refractivity contribution in [3.63, 3.8) is 0 Å². The van der Waals surface area contributed by atoms with Crippen LogP contribution in [0.3, 0.4) is 0 Å². The van der Waals surface area contributed by atoms with Gasteiger partial charge in [0.25, 0.3) is 0 Å². The molecule has 158 valence electrons. The Morgan fingerprint density at radius 1 is 1.03 bits per heavy atom. The molecule has 0 radical (unpaired) electrons. The van der Waals surface area contributed by atoms with E-state index in [1.165, 1.54) is 4.90 Å². The maximum absolute atomic E-state index is 13.9. The topological polar surface area (TPSA) is 69.7 Å². The maximum atomic E-state index is 13.9. The quantitative estimate of drug-likeness (QED) is 0.635. The third kappa shape index (κ3) is 2.23. The van der Waals surface area contributed by atoms with Gasteiger partial charge in [0, 0.05) is 21.8 Å². The Bertz CT molecular complexity index is 1190. The van der Waals surface area contributed by atoms with Gasteiger partial charge in [-0.05, 0) is 72.9 Å². The van der Waals surface area contributed by atoms with Crippen LogP contribution in [0.1, 0.15) is 29.5 Å². The number of benzene rings is 2. The molecule has 1 spiro atoms. The molecule has 6 nitrogen and oxygen atoms in total. The van der Waals surface area contributed by atoms with Crippen LogP contribution in [0.5, 0.6) is 0 Å². The highest BCUT2D eigenvalue weighted by molar-refractivity contribution is 9.10. The van der Waals surface area contributed by atoms with Gasteiger partial charge in [0.1, 0.15) is 5.54 Å². The van der Waals surface area contributed by atoms with Crippen molar-refractivity contribution >= 4 is 45.0 Å². The molecule has 3 saturated heterocycles. The van der Waals surface area contributed by atoms with Crippen molar-refractivity contribution in [2.45, 2.75) is 38.3 Å². The predicted octanol–water partition coefficient (Wildman–Crippen LogP) is 3.50. The van der Waals surface area contributed by atoms with E-state index in [0.29, 0.717) is 16.7 Å². The first-order valence-corrected chi connectivity index (χ1v) is 11.5. The van der Waals surface area contributed by atoms with Gasteiger partial charge in [0.15, 0.2) is 0 Å². The van der Waals surface area contributed by atoms with E-state index < -0.39 is 17.4 Å². The molecule has 4 heterocycles. The number of hydrogen-bond acceptors (Lipinski definition) is 4. The van der Waals surface area contributed by atoms with Crippen LogP contribution in [0.15, 0.2) is 40.9 Å². The average molecular weight is 480 g/mol. The van der Waals surface area contributed by atoms with E-state index in [9.17, 15) is 14.4 Å². The summed E-state index contributed by atoms with van der Waals surface area (Å²) in [7, 11) is 0. The van der Waals surface area contributed by atoms with E-state index in [2.05, 4.69) is 26.1 Å². The number of carbonyl (C=O) groups is 3. The minimum absolute atomic E-state index is 0.104. The van der Waals surface area contributed by atoms with E-state index in [-0.39, 0.29) is 23.8 Å². The van der Waals surface area contributed by atoms with Gasteiger partial charge < -0.3 is 5.32 Å². The van der Waals surface area contributed by atoms with Crippen molar-refractivity contribution in [3.8, 4) is 0 Å². The van der Waals surface area contributed by atoms with Gasteiger partial charge in [-0.3, -0.25) is 19.3 Å². The van der Waals surface area contributed by atoms with Crippen molar-refractivity contribution in [3.05, 3.63) is 57.6 Å². The summed E-state index contributed by atoms with van der Waals surface area (Å²) in [6.45, 7) is 4.67. The zero-order chi connectivity index (χ0) is 21.7. The predicted molar refractivity (Wildman–Crippen MR) is 120 cm³/mol. The lowest BCUT2D eigenvalue weighted by atomic mass is 9.75. The molecule has 7 heteroatoms. The van der Waals surface area contributed by atoms with Crippen LogP contribution in [-0.2, 0) is 19.9 Å². The number of nitrogens with zero attached hydrogens (tertiary/aromatic N) is 2. The number of carbonyl (C=O) groups excluding carboxylic acids is 3. The number of imide groups is 1. The lowest BCUT2D eigenvalue weighted by Crippen LogP contribution is -2.54. The summed E-state index contributed by atoms with van der Waals surface area (Å²) in [6, 6.07) is 11.4. The Hall–Kier alpha value is -2.51. The number of halogens is 1. The molecule has 2 aromatic rings. The van der Waals surface area contributed by atoms with Crippen molar-refractivity contribution in [2.75, 3.05) is 16.8 Å². The highest BCUT2D eigenvalue weighted by Crippen LogP contribution is 2.61. The Labute approximate surface area is 188 Å². The summed E-state index contributed by atoms with van der Waals surface area (Å²) in [5, 5.41) is 3.02. The van der Waals surface area contributed by atoms with Crippen LogP contribution >= 0.6 is 15.9 Å². The molecule has 0 bridgehead atoms. The first-order chi connectivity index (χ1) is 14.9. The van der Waals surface area contributed by atoms with E-state index >= 15 is 0 Å². The van der Waals surface area contributed by atoms with Crippen LogP contribution in [0.25, 0.3) is 0 Å². The Morgan fingerprint density at radius 2 is 1.77 bits per heavy atom. The molecule has 1 N–H and O–H groups in total. The molecule has 0 unspecified atom stereocenters. The molecule has 3 fully saturated rings. The second-order valence-corrected chi connectivity index (χ2v) is 10.00. The van der Waals surface area contributed by atoms with Gasteiger partial charge in [0.05, 0.1) is 17.5 Å². The normalized spacial score (nSPS) is 31.4. The Kier molecular flexibility index (Phi) is 3.88. The molecule has 31 heavy (non-hydrogen) atoms. The van der Waals surface area contributed by atoms with Gasteiger partial charge in [-0.1, -0.05) is 23.8 Å². The average Bonchev–Trinajstić information content (AvgIpc) is 3.42. The van der Waals surface area contributed by atoms with E-state index in [4.69, 9.17) is 0 Å². The number of rotatable bonds is 1. The Balaban J connectivity index is 1.57. The summed E-state index contributed by atoms with van der Waals surface area (Å²) in [6.07, 6.45) is 1.74. The molecule has 4 aliphatic rings. The van der Waals surface area contributed by atoms with E-state index in [1.54, 1.807) is 0 Å². The van der Waals surface area contributed by atoms with Gasteiger partial charge in [-0.15, -0.1) is 0 Å². The van der Waals surface area contributed by atoms with Gasteiger partial charge >= 0.3 is 0 Å². The molecule has 0 saturated carbocycles. The van der Waals surface area contributed by atoms with Crippen molar-refractivity contribution < 1.29 is 14.4 Å². The smallest absolute Gasteiger partial charge is 0.250 e. The van der Waals surface area contributed by atoms with Crippen LogP contribution in [-0.4, -0.2) is 35.2 Å². The van der Waals surface area contributed by atoms with E-state index in [1.807, 2.05) is 50.2 Å². The highest BCUT2D eigenvalue weighted by atomic mass is 79.9. The van der Waals surface area contributed by atoms with Crippen molar-refractivity contribution in [1.82, 2.24) is 4.90 Å². The number of aryl methyl sites for hydroxylation is 2. The van der Waals surface area contributed by atoms with Gasteiger partial charge in [-0.2, -0.15) is 0 Å². The highest BCUT2D eigenvalue weighted by Gasteiger charge is 2.74. The minimum Gasteiger partial charge on any atom is -0.324 e. The fraction of sp³-hybridized carbons (Fsp3) is 0.375. The summed E-state index contributed by atoms with van der Waals surface area (Å²) in [5.41, 5.74) is 3.08. The fourth-order valence-electron chi connectivity index (χ4n) is 6.35. The molecular formula is C24H22BrN3O3. The van der Waals surface area contributed by atoms with E-state index in [0.717, 1.165) is 35.2 Å². The molecule has 3 amide bonds. The standard InChI is InChI=1S/C24H22BrN3O3/c1-12-5-7-16-14(10-12)24(23(31)26-16)20-19(18-4-3-9-27(18)24)21(29)28(22(20)30)17-8-6-13(2)11-15(17)25/h5-8,10-11,18-20H,3-4,9H2,1-2H3,(H,26,31)/t18-,19-,20+,24+/m1/s1. The fourth-order valence-corrected chi connectivity index (χ4v) is 7.02. The summed E-state index contributed by atoms with van der Waals surface area (Å²) in [4.78, 5) is 44.8. The number of hydrogen-bond donors (Lipinski definition) is 1. The zero-order valence-corrected chi connectivity index (χ0v) is 18.9. The summed E-state index contributed by atoms with van der Waals surface area (Å²) < 4.78 is 0.707. The van der Waals surface area contributed by atoms with Gasteiger partial charge in [0.2, 0.25) is 17.7 Å². The molecule has 6 rings (SSSR count). The molecule has 0 aliphatic carbocycles. The third-order valence-corrected chi connectivity index (χ3v) is 8.13. The molecule has 4 atom stereocenters. The van der Waals surface area contributed by atoms with Crippen LogP contribution in [0.4, 0.5) is 11.4 Å². The van der Waals surface area contributed by atoms with Crippen LogP contribution in [0.2, 0.25) is 0 Å². The number of amides is 3. The largest absolute Gasteiger partial charge is 0.324 e. The maximum Gasteiger partial charge on any atom is 0.250 e. The zero-order valence-electron chi connectivity index (χ0n) is 17.3. The minimum atomic E-state index is -1.12. The summed E-state index contributed by atoms with van der Waals surface area (Å²) in [5.74, 6) is -1.89. The Morgan fingerprint density at radius 3 is 2.55 bits per heavy atom. The SMILES string of the molecule is Cc1ccc(N2C(=O)[C@@H]3[C@H]4CCCN4[C@]4(C(=O)Nc5ccc(C)cc54)[C@@H]3C2=O)c(Br)c1. The van der Waals surface area contributed by atoms with Crippen LogP contribution in [0, 0.1) is 25.7 Å². The molecule has 2 aromatic carbocycles. The summed E-state index contributed by atoms with van der Waals surface area (Å²) >= 11 is 3.53. The number of fused-ring (bicyclic) bond motifs is 7. The monoisotopic (exact) mass is 479 g/mol. The van der Waals surface area contributed by atoms with Crippen LogP contribution < -0.4 is 10.2 Å². The molecule has 4 aliphatic heterocycles. The van der Waals surface area contributed by atoms with Gasteiger partial charge in [-0.25, -0.2) is 4.90 Å². The third-order valence-electron chi connectivity index (χ3n) is 7.49. The lowest BCUT2D eigenvalue weighted by Gasteiger charge is -2.36. The lowest BCUT2D eigenvalue weighted by molar-refractivity contribution is -0.135. The van der Waals surface area contributed by atoms with Crippen molar-refractivity contribution in [2.24, 2.45) is 11.8 Å². The molecular weight excluding hydrogens is 458 g/mol. The second-order valence-electron chi connectivity index (χ2n) is 9.14. The number of anilines is 2. The second kappa shape index (κ2) is 6.26. The first kappa shape index (κ1) is 19.2.